The number of fused-ring (bicyclic) bond motifs is 1. The normalized spacial score (nSPS) is 16.5. The molecule has 1 aliphatic rings. The first-order chi connectivity index (χ1) is 10.6. The van der Waals surface area contributed by atoms with E-state index in [1.807, 2.05) is 10.7 Å². The molecule has 0 bridgehead atoms. The van der Waals surface area contributed by atoms with Crippen LogP contribution in [0.15, 0.2) is 24.3 Å². The Bertz CT molecular complexity index is 666. The first-order valence-corrected chi connectivity index (χ1v) is 7.71. The lowest BCUT2D eigenvalue weighted by atomic mass is 10.0. The molecule has 0 radical (unpaired) electrons. The van der Waals surface area contributed by atoms with Gasteiger partial charge in [0, 0.05) is 19.6 Å². The summed E-state index contributed by atoms with van der Waals surface area (Å²) < 4.78 is 1.94. The van der Waals surface area contributed by atoms with Crippen LogP contribution in [0.25, 0.3) is 0 Å². The third kappa shape index (κ3) is 3.06. The van der Waals surface area contributed by atoms with Gasteiger partial charge in [-0.3, -0.25) is 9.58 Å². The number of aliphatic hydroxyl groups excluding tert-OH is 2. The van der Waals surface area contributed by atoms with Crippen LogP contribution in [-0.2, 0) is 19.6 Å². The van der Waals surface area contributed by atoms with Crippen LogP contribution >= 0.6 is 0 Å². The SMILES string of the molecule is Cc1ccc(CN2CCn3nc([C@H](O)CO)cc3C2)c(C)c1. The summed E-state index contributed by atoms with van der Waals surface area (Å²) in [6, 6.07) is 8.48. The number of benzene rings is 1. The Morgan fingerprint density at radius 2 is 2.05 bits per heavy atom. The van der Waals surface area contributed by atoms with Crippen molar-refractivity contribution >= 4 is 0 Å². The molecule has 0 unspecified atom stereocenters. The predicted octanol–water partition coefficient (Wildman–Crippen LogP) is 1.54. The second-order valence-electron chi connectivity index (χ2n) is 6.12. The Labute approximate surface area is 130 Å². The zero-order chi connectivity index (χ0) is 15.7. The quantitative estimate of drug-likeness (QED) is 0.899. The van der Waals surface area contributed by atoms with Crippen LogP contribution in [0, 0.1) is 13.8 Å². The van der Waals surface area contributed by atoms with Gasteiger partial charge in [-0.15, -0.1) is 0 Å². The topological polar surface area (TPSA) is 61.5 Å². The Morgan fingerprint density at radius 3 is 2.77 bits per heavy atom. The fourth-order valence-electron chi connectivity index (χ4n) is 3.00. The van der Waals surface area contributed by atoms with E-state index in [1.54, 1.807) is 0 Å². The maximum atomic E-state index is 9.70. The molecule has 2 heterocycles. The second-order valence-corrected chi connectivity index (χ2v) is 6.12. The van der Waals surface area contributed by atoms with E-state index in [0.29, 0.717) is 5.69 Å². The minimum Gasteiger partial charge on any atom is -0.393 e. The molecule has 0 saturated carbocycles. The van der Waals surface area contributed by atoms with Gasteiger partial charge < -0.3 is 10.2 Å². The van der Waals surface area contributed by atoms with Crippen molar-refractivity contribution in [2.24, 2.45) is 0 Å². The van der Waals surface area contributed by atoms with Crippen molar-refractivity contribution < 1.29 is 10.2 Å². The molecule has 0 fully saturated rings. The lowest BCUT2D eigenvalue weighted by Gasteiger charge is -2.28. The van der Waals surface area contributed by atoms with Crippen molar-refractivity contribution in [3.8, 4) is 0 Å². The molecule has 1 aromatic carbocycles. The summed E-state index contributed by atoms with van der Waals surface area (Å²) in [5.41, 5.74) is 5.63. The van der Waals surface area contributed by atoms with Gasteiger partial charge in [0.1, 0.15) is 6.10 Å². The first kappa shape index (κ1) is 15.2. The van der Waals surface area contributed by atoms with Gasteiger partial charge in [-0.05, 0) is 31.0 Å². The van der Waals surface area contributed by atoms with Gasteiger partial charge in [0.2, 0.25) is 0 Å². The molecule has 2 N–H and O–H groups in total. The minimum absolute atomic E-state index is 0.289. The van der Waals surface area contributed by atoms with E-state index in [2.05, 4.69) is 42.0 Å². The van der Waals surface area contributed by atoms with Crippen molar-refractivity contribution in [1.82, 2.24) is 14.7 Å². The molecular formula is C17H23N3O2. The Kier molecular flexibility index (Phi) is 4.29. The van der Waals surface area contributed by atoms with Crippen LogP contribution in [0.4, 0.5) is 0 Å². The van der Waals surface area contributed by atoms with E-state index in [-0.39, 0.29) is 6.61 Å². The van der Waals surface area contributed by atoms with Crippen molar-refractivity contribution in [3.05, 3.63) is 52.3 Å². The molecule has 3 rings (SSSR count). The van der Waals surface area contributed by atoms with Gasteiger partial charge in [-0.1, -0.05) is 23.8 Å². The van der Waals surface area contributed by atoms with Gasteiger partial charge >= 0.3 is 0 Å². The van der Waals surface area contributed by atoms with E-state index >= 15 is 0 Å². The van der Waals surface area contributed by atoms with Crippen LogP contribution in [0.2, 0.25) is 0 Å². The van der Waals surface area contributed by atoms with Gasteiger partial charge in [0.05, 0.1) is 24.5 Å². The summed E-state index contributed by atoms with van der Waals surface area (Å²) >= 11 is 0. The molecule has 22 heavy (non-hydrogen) atoms. The summed E-state index contributed by atoms with van der Waals surface area (Å²) in [6.45, 7) is 7.49. The highest BCUT2D eigenvalue weighted by Crippen LogP contribution is 2.20. The van der Waals surface area contributed by atoms with Crippen LogP contribution < -0.4 is 0 Å². The maximum Gasteiger partial charge on any atom is 0.121 e. The molecule has 0 amide bonds. The first-order valence-electron chi connectivity index (χ1n) is 7.71. The highest BCUT2D eigenvalue weighted by molar-refractivity contribution is 5.30. The van der Waals surface area contributed by atoms with Crippen molar-refractivity contribution in [1.29, 1.82) is 0 Å². The molecule has 5 nitrogen and oxygen atoms in total. The number of aromatic nitrogens is 2. The zero-order valence-corrected chi connectivity index (χ0v) is 13.2. The molecular weight excluding hydrogens is 278 g/mol. The summed E-state index contributed by atoms with van der Waals surface area (Å²) in [5, 5.41) is 23.1. The number of aliphatic hydroxyl groups is 2. The summed E-state index contributed by atoms with van der Waals surface area (Å²) in [7, 11) is 0. The monoisotopic (exact) mass is 301 g/mol. The lowest BCUT2D eigenvalue weighted by Crippen LogP contribution is -2.33. The van der Waals surface area contributed by atoms with E-state index in [0.717, 1.165) is 31.9 Å². The number of nitrogens with zero attached hydrogens (tertiary/aromatic N) is 3. The molecule has 1 aliphatic heterocycles. The molecule has 0 aliphatic carbocycles. The number of aryl methyl sites for hydroxylation is 2. The largest absolute Gasteiger partial charge is 0.393 e. The van der Waals surface area contributed by atoms with Crippen LogP contribution in [0.1, 0.15) is 34.2 Å². The minimum atomic E-state index is -0.883. The third-order valence-corrected chi connectivity index (χ3v) is 4.30. The van der Waals surface area contributed by atoms with E-state index in [1.165, 1.54) is 16.7 Å². The van der Waals surface area contributed by atoms with Gasteiger partial charge in [0.15, 0.2) is 0 Å². The van der Waals surface area contributed by atoms with E-state index in [9.17, 15) is 5.11 Å². The number of hydrogen-bond donors (Lipinski definition) is 2. The fourth-order valence-corrected chi connectivity index (χ4v) is 3.00. The molecule has 0 saturated heterocycles. The fraction of sp³-hybridized carbons (Fsp3) is 0.471. The van der Waals surface area contributed by atoms with Gasteiger partial charge in [0.25, 0.3) is 0 Å². The van der Waals surface area contributed by atoms with Crippen molar-refractivity contribution in [2.45, 2.75) is 39.6 Å². The summed E-state index contributed by atoms with van der Waals surface area (Å²) in [6.07, 6.45) is -0.883. The van der Waals surface area contributed by atoms with Crippen LogP contribution in [-0.4, -0.2) is 38.0 Å². The number of rotatable bonds is 4. The third-order valence-electron chi connectivity index (χ3n) is 4.30. The van der Waals surface area contributed by atoms with E-state index in [4.69, 9.17) is 5.11 Å². The molecule has 5 heteroatoms. The smallest absolute Gasteiger partial charge is 0.121 e. The zero-order valence-electron chi connectivity index (χ0n) is 13.2. The summed E-state index contributed by atoms with van der Waals surface area (Å²) in [4.78, 5) is 2.39. The molecule has 1 aromatic heterocycles. The maximum absolute atomic E-state index is 9.70. The van der Waals surface area contributed by atoms with Crippen molar-refractivity contribution in [2.75, 3.05) is 13.2 Å². The average Bonchev–Trinajstić information content (AvgIpc) is 2.92. The summed E-state index contributed by atoms with van der Waals surface area (Å²) in [5.74, 6) is 0. The van der Waals surface area contributed by atoms with Gasteiger partial charge in [-0.25, -0.2) is 0 Å². The Balaban J connectivity index is 1.72. The molecule has 2 aromatic rings. The highest BCUT2D eigenvalue weighted by Gasteiger charge is 2.21. The van der Waals surface area contributed by atoms with Gasteiger partial charge in [-0.2, -0.15) is 5.10 Å². The van der Waals surface area contributed by atoms with Crippen molar-refractivity contribution in [3.63, 3.8) is 0 Å². The second kappa shape index (κ2) is 6.20. The molecule has 0 spiro atoms. The van der Waals surface area contributed by atoms with Crippen LogP contribution in [0.5, 0.6) is 0 Å². The molecule has 1 atom stereocenters. The Hall–Kier alpha value is -1.69. The lowest BCUT2D eigenvalue weighted by molar-refractivity contribution is 0.0915. The number of hydrogen-bond acceptors (Lipinski definition) is 4. The average molecular weight is 301 g/mol. The Morgan fingerprint density at radius 1 is 1.23 bits per heavy atom. The predicted molar refractivity (Wildman–Crippen MR) is 84.3 cm³/mol. The highest BCUT2D eigenvalue weighted by atomic mass is 16.3. The standard InChI is InChI=1S/C17H23N3O2/c1-12-3-4-14(13(2)7-12)9-19-5-6-20-15(10-19)8-16(18-20)17(22)11-21/h3-4,7-8,17,21-22H,5-6,9-11H2,1-2H3/t17-/m1/s1. The van der Waals surface area contributed by atoms with E-state index < -0.39 is 6.10 Å². The van der Waals surface area contributed by atoms with Crippen LogP contribution in [0.3, 0.4) is 0 Å². The molecule has 118 valence electrons.